The van der Waals surface area contributed by atoms with Crippen LogP contribution in [0.2, 0.25) is 0 Å². The van der Waals surface area contributed by atoms with Crippen molar-refractivity contribution in [3.8, 4) is 5.75 Å². The number of carboxylic acid groups (broad SMARTS) is 1. The first-order valence-corrected chi connectivity index (χ1v) is 9.56. The molecule has 13 nitrogen and oxygen atoms in total. The fourth-order valence-corrected chi connectivity index (χ4v) is 2.57. The van der Waals surface area contributed by atoms with E-state index in [4.69, 9.17) is 16.6 Å². The van der Waals surface area contributed by atoms with Gasteiger partial charge in [-0.2, -0.15) is 0 Å². The maximum absolute atomic E-state index is 12.6. The van der Waals surface area contributed by atoms with E-state index in [0.717, 1.165) is 0 Å². The van der Waals surface area contributed by atoms with Crippen molar-refractivity contribution in [2.24, 2.45) is 11.5 Å². The van der Waals surface area contributed by atoms with Crippen LogP contribution < -0.4 is 27.4 Å². The summed E-state index contributed by atoms with van der Waals surface area (Å²) >= 11 is 0. The van der Waals surface area contributed by atoms with Gasteiger partial charge in [0.1, 0.15) is 24.4 Å². The number of aliphatic carboxylic acids is 1. The first kappa shape index (κ1) is 26.3. The molecule has 0 saturated heterocycles. The summed E-state index contributed by atoms with van der Waals surface area (Å²) in [5, 5.41) is 33.8. The summed E-state index contributed by atoms with van der Waals surface area (Å²) in [5.74, 6) is -4.59. The smallest absolute Gasteiger partial charge is 0.322 e. The maximum atomic E-state index is 12.6. The molecule has 3 unspecified atom stereocenters. The molecule has 10 N–H and O–H groups in total. The van der Waals surface area contributed by atoms with E-state index in [1.807, 2.05) is 5.32 Å². The van der Waals surface area contributed by atoms with E-state index in [1.54, 1.807) is 12.1 Å². The van der Waals surface area contributed by atoms with Crippen LogP contribution in [0.5, 0.6) is 5.75 Å². The highest BCUT2D eigenvalue weighted by Crippen LogP contribution is 2.11. The van der Waals surface area contributed by atoms with Crippen molar-refractivity contribution in [3.63, 3.8) is 0 Å². The minimum atomic E-state index is -1.49. The van der Waals surface area contributed by atoms with Gasteiger partial charge in [-0.3, -0.25) is 24.0 Å². The first-order valence-electron chi connectivity index (χ1n) is 9.56. The highest BCUT2D eigenvalue weighted by atomic mass is 16.4. The topological polar surface area (TPSA) is 234 Å². The van der Waals surface area contributed by atoms with Crippen LogP contribution in [-0.4, -0.2) is 76.2 Å². The normalized spacial score (nSPS) is 13.3. The Morgan fingerprint density at radius 2 is 1.53 bits per heavy atom. The lowest BCUT2D eigenvalue weighted by Gasteiger charge is -2.23. The zero-order valence-corrected chi connectivity index (χ0v) is 17.1. The molecule has 0 heterocycles. The third kappa shape index (κ3) is 9.40. The molecule has 0 bridgehead atoms. The van der Waals surface area contributed by atoms with Gasteiger partial charge in [-0.05, 0) is 30.5 Å². The number of aromatic hydroxyl groups is 1. The average Bonchev–Trinajstić information content (AvgIpc) is 2.74. The molecule has 1 aromatic carbocycles. The number of amides is 4. The van der Waals surface area contributed by atoms with Crippen LogP contribution >= 0.6 is 0 Å². The summed E-state index contributed by atoms with van der Waals surface area (Å²) < 4.78 is 0. The molecule has 1 rings (SSSR count). The van der Waals surface area contributed by atoms with Gasteiger partial charge in [-0.15, -0.1) is 0 Å². The van der Waals surface area contributed by atoms with Crippen LogP contribution in [-0.2, 0) is 30.4 Å². The van der Waals surface area contributed by atoms with Crippen molar-refractivity contribution >= 4 is 29.6 Å². The second-order valence-corrected chi connectivity index (χ2v) is 6.90. The Labute approximate surface area is 183 Å². The number of hydrogen-bond donors (Lipinski definition) is 8. The van der Waals surface area contributed by atoms with Gasteiger partial charge in [0.05, 0.1) is 12.6 Å². The minimum Gasteiger partial charge on any atom is -0.508 e. The summed E-state index contributed by atoms with van der Waals surface area (Å²) in [6.45, 7) is -1.56. The van der Waals surface area contributed by atoms with Gasteiger partial charge < -0.3 is 42.7 Å². The van der Waals surface area contributed by atoms with E-state index >= 15 is 0 Å². The second-order valence-electron chi connectivity index (χ2n) is 6.90. The molecule has 0 radical (unpaired) electrons. The third-order valence-electron chi connectivity index (χ3n) is 4.27. The van der Waals surface area contributed by atoms with Crippen LogP contribution in [0, 0.1) is 0 Å². The van der Waals surface area contributed by atoms with E-state index in [9.17, 15) is 34.2 Å². The lowest BCUT2D eigenvalue weighted by atomic mass is 10.0. The van der Waals surface area contributed by atoms with Crippen LogP contribution in [0.3, 0.4) is 0 Å². The van der Waals surface area contributed by atoms with Crippen molar-refractivity contribution in [2.45, 2.75) is 37.4 Å². The summed E-state index contributed by atoms with van der Waals surface area (Å²) in [6.07, 6.45) is -0.374. The Bertz CT molecular complexity index is 830. The number of aliphatic hydroxyl groups excluding tert-OH is 1. The summed E-state index contributed by atoms with van der Waals surface area (Å²) in [5.41, 5.74) is 11.6. The van der Waals surface area contributed by atoms with E-state index in [-0.39, 0.29) is 25.0 Å². The van der Waals surface area contributed by atoms with Gasteiger partial charge in [0.15, 0.2) is 0 Å². The zero-order chi connectivity index (χ0) is 24.3. The molecule has 1 aromatic rings. The van der Waals surface area contributed by atoms with Crippen LogP contribution in [0.1, 0.15) is 18.4 Å². The van der Waals surface area contributed by atoms with Crippen molar-refractivity contribution < 1.29 is 39.3 Å². The molecular formula is C19H27N5O8. The fraction of sp³-hybridized carbons (Fsp3) is 0.421. The maximum Gasteiger partial charge on any atom is 0.322 e. The number of rotatable bonds is 13. The molecule has 0 spiro atoms. The molecule has 0 aromatic heterocycles. The lowest BCUT2D eigenvalue weighted by molar-refractivity contribution is -0.139. The summed E-state index contributed by atoms with van der Waals surface area (Å²) in [4.78, 5) is 58.6. The number of carboxylic acids is 1. The van der Waals surface area contributed by atoms with Gasteiger partial charge in [0, 0.05) is 6.42 Å². The van der Waals surface area contributed by atoms with Crippen molar-refractivity contribution in [3.05, 3.63) is 29.8 Å². The molecule has 0 saturated carbocycles. The number of primary amides is 1. The number of phenols is 1. The minimum absolute atomic E-state index is 0.0424. The third-order valence-corrected chi connectivity index (χ3v) is 4.27. The Kier molecular flexibility index (Phi) is 10.6. The van der Waals surface area contributed by atoms with Gasteiger partial charge >= 0.3 is 5.97 Å². The predicted molar refractivity (Wildman–Crippen MR) is 110 cm³/mol. The van der Waals surface area contributed by atoms with Crippen LogP contribution in [0.4, 0.5) is 0 Å². The molecule has 32 heavy (non-hydrogen) atoms. The zero-order valence-electron chi connectivity index (χ0n) is 17.1. The number of benzene rings is 1. The van der Waals surface area contributed by atoms with Gasteiger partial charge in [0.2, 0.25) is 23.6 Å². The molecule has 0 aliphatic rings. The predicted octanol–water partition coefficient (Wildman–Crippen LogP) is -3.31. The highest BCUT2D eigenvalue weighted by Gasteiger charge is 2.28. The Morgan fingerprint density at radius 1 is 0.938 bits per heavy atom. The molecule has 176 valence electrons. The largest absolute Gasteiger partial charge is 0.508 e. The molecular weight excluding hydrogens is 426 g/mol. The van der Waals surface area contributed by atoms with Crippen molar-refractivity contribution in [2.75, 3.05) is 13.2 Å². The molecule has 3 atom stereocenters. The quantitative estimate of drug-likeness (QED) is 0.149. The highest BCUT2D eigenvalue weighted by molar-refractivity contribution is 5.94. The molecule has 0 aliphatic carbocycles. The number of carbonyl (C=O) groups excluding carboxylic acids is 4. The van der Waals surface area contributed by atoms with Gasteiger partial charge in [-0.1, -0.05) is 12.1 Å². The fourth-order valence-electron chi connectivity index (χ4n) is 2.57. The summed E-state index contributed by atoms with van der Waals surface area (Å²) in [7, 11) is 0. The Balaban J connectivity index is 2.81. The molecule has 13 heteroatoms. The Hall–Kier alpha value is -3.71. The second kappa shape index (κ2) is 12.9. The number of aliphatic hydroxyl groups is 1. The number of nitrogens with one attached hydrogen (secondary N) is 3. The number of carbonyl (C=O) groups is 5. The van der Waals surface area contributed by atoms with Crippen LogP contribution in [0.25, 0.3) is 0 Å². The van der Waals surface area contributed by atoms with Crippen LogP contribution in [0.15, 0.2) is 24.3 Å². The molecule has 0 aliphatic heterocycles. The Morgan fingerprint density at radius 3 is 2.06 bits per heavy atom. The van der Waals surface area contributed by atoms with Crippen molar-refractivity contribution in [1.82, 2.24) is 16.0 Å². The molecule has 0 fully saturated rings. The van der Waals surface area contributed by atoms with Gasteiger partial charge in [0.25, 0.3) is 0 Å². The van der Waals surface area contributed by atoms with Crippen molar-refractivity contribution in [1.29, 1.82) is 0 Å². The standard InChI is InChI=1S/C19H27N5O8/c20-12(7-10-1-3-11(26)4-2-10)17(30)23-13(5-6-15(21)27)19(32)24-14(9-25)18(31)22-8-16(28)29/h1-4,12-14,25-26H,5-9,20H2,(H2,21,27)(H,22,31)(H,23,30)(H,24,32)(H,28,29). The monoisotopic (exact) mass is 453 g/mol. The number of nitrogens with two attached hydrogens (primary N) is 2. The first-order chi connectivity index (χ1) is 15.0. The van der Waals surface area contributed by atoms with E-state index in [2.05, 4.69) is 10.6 Å². The SMILES string of the molecule is NC(=O)CCC(NC(=O)C(N)Cc1ccc(O)cc1)C(=O)NC(CO)C(=O)NCC(=O)O. The lowest BCUT2D eigenvalue weighted by Crippen LogP contribution is -2.57. The van der Waals surface area contributed by atoms with Gasteiger partial charge in [-0.25, -0.2) is 0 Å². The molecule has 4 amide bonds. The summed E-state index contributed by atoms with van der Waals surface area (Å²) in [6, 6.07) is 2.13. The average molecular weight is 453 g/mol. The van der Waals surface area contributed by atoms with E-state index in [0.29, 0.717) is 5.56 Å². The van der Waals surface area contributed by atoms with E-state index in [1.165, 1.54) is 12.1 Å². The number of phenolic OH excluding ortho intramolecular Hbond substituents is 1. The number of hydrogen-bond acceptors (Lipinski definition) is 8. The van der Waals surface area contributed by atoms with E-state index < -0.39 is 60.9 Å².